The molecule has 96 valence electrons. The summed E-state index contributed by atoms with van der Waals surface area (Å²) < 4.78 is 11.3. The van der Waals surface area contributed by atoms with Gasteiger partial charge in [0.2, 0.25) is 0 Å². The highest BCUT2D eigenvalue weighted by Crippen LogP contribution is 2.28. The van der Waals surface area contributed by atoms with Gasteiger partial charge in [0.25, 0.3) is 0 Å². The van der Waals surface area contributed by atoms with E-state index in [0.29, 0.717) is 13.2 Å². The molecule has 5 heteroatoms. The highest BCUT2D eigenvalue weighted by Gasteiger charge is 2.00. The topological polar surface area (TPSA) is 44.5 Å². The Morgan fingerprint density at radius 2 is 2.12 bits per heavy atom. The van der Waals surface area contributed by atoms with Gasteiger partial charge in [0.1, 0.15) is 0 Å². The molecule has 0 aliphatic rings. The number of hydrogen-bond donors (Lipinski definition) is 1. The number of rotatable bonds is 8. The van der Waals surface area contributed by atoms with Crippen molar-refractivity contribution in [2.24, 2.45) is 0 Å². The lowest BCUT2D eigenvalue weighted by Crippen LogP contribution is -2.03. The van der Waals surface area contributed by atoms with Gasteiger partial charge in [0.15, 0.2) is 0 Å². The van der Waals surface area contributed by atoms with Crippen LogP contribution in [0.2, 0.25) is 0 Å². The summed E-state index contributed by atoms with van der Waals surface area (Å²) >= 11 is 5.20. The fourth-order valence-electron chi connectivity index (χ4n) is 1.22. The molecule has 1 rings (SSSR count). The molecule has 0 heterocycles. The second-order valence-electron chi connectivity index (χ2n) is 3.49. The van der Waals surface area contributed by atoms with Crippen molar-refractivity contribution in [2.45, 2.75) is 11.3 Å². The van der Waals surface area contributed by atoms with Crippen LogP contribution in [0, 0.1) is 0 Å². The first kappa shape index (κ1) is 14.8. The zero-order valence-corrected chi connectivity index (χ0v) is 12.4. The molecule has 0 aliphatic heterocycles. The van der Waals surface area contributed by atoms with Crippen molar-refractivity contribution in [1.82, 2.24) is 0 Å². The zero-order valence-electron chi connectivity index (χ0n) is 9.95. The summed E-state index contributed by atoms with van der Waals surface area (Å²) in [6.45, 7) is 2.09. The van der Waals surface area contributed by atoms with Crippen LogP contribution in [0.3, 0.4) is 0 Å². The zero-order chi connectivity index (χ0) is 12.5. The average molecular weight is 320 g/mol. The number of nitrogen functional groups attached to an aromatic ring is 1. The van der Waals surface area contributed by atoms with Gasteiger partial charge < -0.3 is 15.2 Å². The Balaban J connectivity index is 2.15. The largest absolute Gasteiger partial charge is 0.398 e. The SMILES string of the molecule is COCCOCCCSc1cc(Br)ccc1N. The average Bonchev–Trinajstić information content (AvgIpc) is 2.32. The van der Waals surface area contributed by atoms with Crippen molar-refractivity contribution in [3.63, 3.8) is 0 Å². The predicted molar refractivity (Wildman–Crippen MR) is 76.6 cm³/mol. The fraction of sp³-hybridized carbons (Fsp3) is 0.500. The Morgan fingerprint density at radius 1 is 1.29 bits per heavy atom. The minimum atomic E-state index is 0.658. The van der Waals surface area contributed by atoms with Gasteiger partial charge in [-0.25, -0.2) is 0 Å². The summed E-state index contributed by atoms with van der Waals surface area (Å²) in [6, 6.07) is 5.92. The number of halogens is 1. The smallest absolute Gasteiger partial charge is 0.0700 e. The Hall–Kier alpha value is -0.230. The van der Waals surface area contributed by atoms with Crippen molar-refractivity contribution in [3.05, 3.63) is 22.7 Å². The Morgan fingerprint density at radius 3 is 2.88 bits per heavy atom. The van der Waals surface area contributed by atoms with Crippen molar-refractivity contribution in [3.8, 4) is 0 Å². The molecular formula is C12H18BrNO2S. The normalized spacial score (nSPS) is 10.7. The third-order valence-electron chi connectivity index (χ3n) is 2.10. The van der Waals surface area contributed by atoms with Gasteiger partial charge >= 0.3 is 0 Å². The van der Waals surface area contributed by atoms with Crippen LogP contribution in [0.25, 0.3) is 0 Å². The lowest BCUT2D eigenvalue weighted by molar-refractivity contribution is 0.0713. The van der Waals surface area contributed by atoms with E-state index in [1.165, 1.54) is 0 Å². The van der Waals surface area contributed by atoms with Gasteiger partial charge in [-0.1, -0.05) is 15.9 Å². The molecular weight excluding hydrogens is 302 g/mol. The number of benzene rings is 1. The van der Waals surface area contributed by atoms with Crippen LogP contribution >= 0.6 is 27.7 Å². The highest BCUT2D eigenvalue weighted by atomic mass is 79.9. The van der Waals surface area contributed by atoms with Gasteiger partial charge in [0, 0.05) is 34.5 Å². The molecule has 2 N–H and O–H groups in total. The highest BCUT2D eigenvalue weighted by molar-refractivity contribution is 9.10. The van der Waals surface area contributed by atoms with Crippen molar-refractivity contribution < 1.29 is 9.47 Å². The second kappa shape index (κ2) is 8.80. The van der Waals surface area contributed by atoms with E-state index in [9.17, 15) is 0 Å². The van der Waals surface area contributed by atoms with Crippen LogP contribution < -0.4 is 5.73 Å². The molecule has 0 fully saturated rings. The summed E-state index contributed by atoms with van der Waals surface area (Å²) in [4.78, 5) is 1.12. The molecule has 0 aliphatic carbocycles. The summed E-state index contributed by atoms with van der Waals surface area (Å²) in [7, 11) is 1.68. The Labute approximate surface area is 115 Å². The molecule has 1 aromatic carbocycles. The maximum atomic E-state index is 5.88. The van der Waals surface area contributed by atoms with Crippen LogP contribution in [0.15, 0.2) is 27.6 Å². The molecule has 0 atom stereocenters. The molecule has 3 nitrogen and oxygen atoms in total. The number of thioether (sulfide) groups is 1. The first-order valence-corrected chi connectivity index (χ1v) is 7.26. The molecule has 0 spiro atoms. The first-order valence-electron chi connectivity index (χ1n) is 5.48. The summed E-state index contributed by atoms with van der Waals surface area (Å²) in [6.07, 6.45) is 1.01. The van der Waals surface area contributed by atoms with Gasteiger partial charge in [-0.2, -0.15) is 0 Å². The van der Waals surface area contributed by atoms with E-state index in [0.717, 1.165) is 33.8 Å². The third-order valence-corrected chi connectivity index (χ3v) is 3.75. The molecule has 0 aromatic heterocycles. The van der Waals surface area contributed by atoms with E-state index in [1.807, 2.05) is 18.2 Å². The van der Waals surface area contributed by atoms with Crippen LogP contribution in [0.5, 0.6) is 0 Å². The monoisotopic (exact) mass is 319 g/mol. The maximum absolute atomic E-state index is 5.88. The van der Waals surface area contributed by atoms with Crippen LogP contribution in [0.1, 0.15) is 6.42 Å². The lowest BCUT2D eigenvalue weighted by atomic mass is 10.3. The van der Waals surface area contributed by atoms with Gasteiger partial charge in [-0.05, 0) is 24.6 Å². The van der Waals surface area contributed by atoms with E-state index in [1.54, 1.807) is 18.9 Å². The first-order chi connectivity index (χ1) is 8.24. The molecule has 0 amide bonds. The number of ether oxygens (including phenoxy) is 2. The van der Waals surface area contributed by atoms with Crippen LogP contribution in [-0.4, -0.2) is 32.7 Å². The van der Waals surface area contributed by atoms with E-state index < -0.39 is 0 Å². The van der Waals surface area contributed by atoms with Gasteiger partial charge in [-0.3, -0.25) is 0 Å². The summed E-state index contributed by atoms with van der Waals surface area (Å²) in [5.41, 5.74) is 6.71. The van der Waals surface area contributed by atoms with E-state index in [-0.39, 0.29) is 0 Å². The number of anilines is 1. The molecule has 0 radical (unpaired) electrons. The predicted octanol–water partition coefficient (Wildman–Crippen LogP) is 3.18. The van der Waals surface area contributed by atoms with Gasteiger partial charge in [-0.15, -0.1) is 11.8 Å². The quantitative estimate of drug-likeness (QED) is 0.454. The third kappa shape index (κ3) is 6.31. The van der Waals surface area contributed by atoms with Crippen LogP contribution in [-0.2, 0) is 9.47 Å². The maximum Gasteiger partial charge on any atom is 0.0700 e. The number of hydrogen-bond acceptors (Lipinski definition) is 4. The second-order valence-corrected chi connectivity index (χ2v) is 5.54. The Kier molecular flexibility index (Phi) is 7.68. The van der Waals surface area contributed by atoms with Crippen molar-refractivity contribution in [1.29, 1.82) is 0 Å². The van der Waals surface area contributed by atoms with E-state index >= 15 is 0 Å². The molecule has 0 saturated carbocycles. The van der Waals surface area contributed by atoms with E-state index in [2.05, 4.69) is 15.9 Å². The molecule has 17 heavy (non-hydrogen) atoms. The summed E-state index contributed by atoms with van der Waals surface area (Å²) in [5, 5.41) is 0. The standard InChI is InChI=1S/C12H18BrNO2S/c1-15-6-7-16-5-2-8-17-12-9-10(13)3-4-11(12)14/h3-4,9H,2,5-8,14H2,1H3. The lowest BCUT2D eigenvalue weighted by Gasteiger charge is -2.06. The molecule has 0 unspecified atom stereocenters. The number of nitrogens with two attached hydrogens (primary N) is 1. The summed E-state index contributed by atoms with van der Waals surface area (Å²) in [5.74, 6) is 1.01. The van der Waals surface area contributed by atoms with Gasteiger partial charge in [0.05, 0.1) is 13.2 Å². The van der Waals surface area contributed by atoms with Crippen molar-refractivity contribution in [2.75, 3.05) is 38.4 Å². The Bertz CT molecular complexity index is 336. The minimum Gasteiger partial charge on any atom is -0.398 e. The molecule has 1 aromatic rings. The van der Waals surface area contributed by atoms with Crippen molar-refractivity contribution >= 4 is 33.4 Å². The number of methoxy groups -OCH3 is 1. The fourth-order valence-corrected chi connectivity index (χ4v) is 2.66. The molecule has 0 bridgehead atoms. The van der Waals surface area contributed by atoms with E-state index in [4.69, 9.17) is 15.2 Å². The molecule has 0 saturated heterocycles. The minimum absolute atomic E-state index is 0.658. The van der Waals surface area contributed by atoms with Crippen LogP contribution in [0.4, 0.5) is 5.69 Å².